The van der Waals surface area contributed by atoms with E-state index < -0.39 is 54.6 Å². The monoisotopic (exact) mass is 650 g/mol. The number of aromatic hydroxyl groups is 1. The van der Waals surface area contributed by atoms with Crippen LogP contribution in [0.2, 0.25) is 0 Å². The minimum atomic E-state index is -1.42. The minimum Gasteiger partial charge on any atom is -0.504 e. The second-order valence-electron chi connectivity index (χ2n) is 11.9. The van der Waals surface area contributed by atoms with Gasteiger partial charge in [0.15, 0.2) is 23.7 Å². The molecule has 260 valence electrons. The van der Waals surface area contributed by atoms with Crippen molar-refractivity contribution < 1.29 is 52.7 Å². The second kappa shape index (κ2) is 21.5. The summed E-state index contributed by atoms with van der Waals surface area (Å²) in [5, 5.41) is 11.1. The summed E-state index contributed by atoms with van der Waals surface area (Å²) < 4.78 is 33.4. The first-order valence-corrected chi connectivity index (χ1v) is 16.8. The zero-order chi connectivity index (χ0) is 33.9. The molecule has 1 aromatic carbocycles. The summed E-state index contributed by atoms with van der Waals surface area (Å²) in [6.45, 7) is 6.52. The van der Waals surface area contributed by atoms with Gasteiger partial charge in [0, 0.05) is 27.7 Å². The quantitative estimate of drug-likeness (QED) is 0.0886. The molecule has 0 aromatic heterocycles. The van der Waals surface area contributed by atoms with Gasteiger partial charge in [-0.05, 0) is 24.5 Å². The summed E-state index contributed by atoms with van der Waals surface area (Å²) in [5.41, 5.74) is 0.686. The van der Waals surface area contributed by atoms with Crippen LogP contribution in [0.3, 0.4) is 0 Å². The molecular formula is C35H54O11. The van der Waals surface area contributed by atoms with Gasteiger partial charge in [-0.2, -0.15) is 0 Å². The number of phenolic OH excluding ortho intramolecular Hbond substituents is 1. The highest BCUT2D eigenvalue weighted by atomic mass is 16.7. The Bertz CT molecular complexity index is 1090. The van der Waals surface area contributed by atoms with Crippen molar-refractivity contribution >= 4 is 23.9 Å². The first-order valence-electron chi connectivity index (χ1n) is 16.8. The molecule has 1 aromatic rings. The third kappa shape index (κ3) is 14.4. The molecule has 1 saturated heterocycles. The molecule has 0 spiro atoms. The lowest BCUT2D eigenvalue weighted by Gasteiger charge is -2.43. The van der Waals surface area contributed by atoms with Gasteiger partial charge in [0.2, 0.25) is 12.4 Å². The lowest BCUT2D eigenvalue weighted by Crippen LogP contribution is -2.63. The van der Waals surface area contributed by atoms with Gasteiger partial charge in [-0.15, -0.1) is 0 Å². The Hall–Kier alpha value is -3.34. The topological polar surface area (TPSA) is 144 Å². The highest BCUT2D eigenvalue weighted by molar-refractivity contribution is 5.68. The van der Waals surface area contributed by atoms with Crippen LogP contribution in [-0.2, 0) is 49.3 Å². The van der Waals surface area contributed by atoms with Crippen molar-refractivity contribution in [3.05, 3.63) is 23.8 Å². The fraction of sp³-hybridized carbons (Fsp3) is 0.714. The van der Waals surface area contributed by atoms with E-state index in [-0.39, 0.29) is 18.1 Å². The number of ether oxygens (including phenoxy) is 6. The molecule has 0 radical (unpaired) electrons. The first-order chi connectivity index (χ1) is 22.0. The van der Waals surface area contributed by atoms with Crippen LogP contribution in [0.25, 0.3) is 0 Å². The molecule has 11 heteroatoms. The van der Waals surface area contributed by atoms with Gasteiger partial charge in [-0.25, -0.2) is 0 Å². The average molecular weight is 651 g/mol. The Morgan fingerprint density at radius 2 is 1.17 bits per heavy atom. The number of unbranched alkanes of at least 4 members (excludes halogenated alkanes) is 12. The number of hydrogen-bond donors (Lipinski definition) is 1. The van der Waals surface area contributed by atoms with Gasteiger partial charge in [-0.1, -0.05) is 96.1 Å². The predicted octanol–water partition coefficient (Wildman–Crippen LogP) is 6.49. The lowest BCUT2D eigenvalue weighted by molar-refractivity contribution is -0.288. The Labute approximate surface area is 273 Å². The fourth-order valence-electron chi connectivity index (χ4n) is 5.61. The molecule has 0 saturated carbocycles. The van der Waals surface area contributed by atoms with Crippen LogP contribution in [0, 0.1) is 0 Å². The van der Waals surface area contributed by atoms with E-state index in [0.29, 0.717) is 12.0 Å². The van der Waals surface area contributed by atoms with Crippen LogP contribution in [0.5, 0.6) is 11.5 Å². The van der Waals surface area contributed by atoms with Crippen molar-refractivity contribution in [3.63, 3.8) is 0 Å². The average Bonchev–Trinajstić information content (AvgIpc) is 2.98. The molecule has 46 heavy (non-hydrogen) atoms. The van der Waals surface area contributed by atoms with Gasteiger partial charge in [0.1, 0.15) is 12.7 Å². The number of phenols is 1. The molecule has 2 rings (SSSR count). The number of benzene rings is 1. The SMILES string of the molecule is CCCCCCCCCCCCCCCc1cccc(O[C@@H]2O[C@H](COC(C)=O)[C@@H](OC(C)=O)[C@H](OC(C)=O)[C@H]2OC(C)=O)c1O. The molecule has 1 aliphatic heterocycles. The zero-order valence-electron chi connectivity index (χ0n) is 28.3. The van der Waals surface area contributed by atoms with Crippen LogP contribution in [0.1, 0.15) is 124 Å². The summed E-state index contributed by atoms with van der Waals surface area (Å²) in [5.74, 6) is -2.85. The molecule has 1 N–H and O–H groups in total. The zero-order valence-corrected chi connectivity index (χ0v) is 28.3. The van der Waals surface area contributed by atoms with Crippen molar-refractivity contribution in [1.29, 1.82) is 0 Å². The molecule has 0 aliphatic carbocycles. The Morgan fingerprint density at radius 3 is 1.70 bits per heavy atom. The number of esters is 4. The number of aryl methyl sites for hydroxylation is 1. The number of carbonyl (C=O) groups is 4. The van der Waals surface area contributed by atoms with Crippen molar-refractivity contribution in [2.75, 3.05) is 6.61 Å². The summed E-state index contributed by atoms with van der Waals surface area (Å²) in [4.78, 5) is 47.7. The highest BCUT2D eigenvalue weighted by Crippen LogP contribution is 2.36. The normalized spacial score (nSPS) is 20.8. The second-order valence-corrected chi connectivity index (χ2v) is 11.9. The van der Waals surface area contributed by atoms with Gasteiger partial charge >= 0.3 is 23.9 Å². The van der Waals surface area contributed by atoms with E-state index >= 15 is 0 Å². The molecule has 5 atom stereocenters. The summed E-state index contributed by atoms with van der Waals surface area (Å²) in [6, 6.07) is 5.09. The van der Waals surface area contributed by atoms with Gasteiger partial charge in [0.25, 0.3) is 0 Å². The summed E-state index contributed by atoms with van der Waals surface area (Å²) in [6.07, 6.45) is 10.2. The minimum absolute atomic E-state index is 0.0630. The van der Waals surface area contributed by atoms with E-state index in [9.17, 15) is 24.3 Å². The molecule has 0 amide bonds. The number of para-hydroxylation sites is 1. The summed E-state index contributed by atoms with van der Waals surface area (Å²) >= 11 is 0. The van der Waals surface area contributed by atoms with Crippen molar-refractivity contribution in [2.24, 2.45) is 0 Å². The van der Waals surface area contributed by atoms with E-state index in [2.05, 4.69) is 6.92 Å². The standard InChI is InChI=1S/C35H54O11/c1-6-7-8-9-10-11-12-13-14-15-16-17-18-20-28-21-19-22-29(31(28)40)45-35-34(44-27(5)39)33(43-26(4)38)32(42-25(3)37)30(46-35)23-41-24(2)36/h19,21-22,30,32-35,40H,6-18,20,23H2,1-5H3/t30-,32-,33+,34-,35-/m1/s1. The maximum Gasteiger partial charge on any atom is 0.303 e. The Morgan fingerprint density at radius 1 is 0.674 bits per heavy atom. The fourth-order valence-corrected chi connectivity index (χ4v) is 5.61. The van der Waals surface area contributed by atoms with Crippen LogP contribution in [0.4, 0.5) is 0 Å². The van der Waals surface area contributed by atoms with Crippen LogP contribution in [-0.4, -0.2) is 66.3 Å². The summed E-state index contributed by atoms with van der Waals surface area (Å²) in [7, 11) is 0. The van der Waals surface area contributed by atoms with Crippen LogP contribution in [0.15, 0.2) is 18.2 Å². The van der Waals surface area contributed by atoms with E-state index in [1.807, 2.05) is 6.07 Å². The Kier molecular flexibility index (Phi) is 18.1. The smallest absolute Gasteiger partial charge is 0.303 e. The van der Waals surface area contributed by atoms with Crippen molar-refractivity contribution in [2.45, 2.75) is 155 Å². The van der Waals surface area contributed by atoms with Crippen molar-refractivity contribution in [3.8, 4) is 11.5 Å². The van der Waals surface area contributed by atoms with Crippen LogP contribution >= 0.6 is 0 Å². The van der Waals surface area contributed by atoms with E-state index in [4.69, 9.17) is 28.4 Å². The molecule has 1 aliphatic rings. The third-order valence-electron chi connectivity index (χ3n) is 7.82. The maximum atomic E-state index is 12.1. The Balaban J connectivity index is 2.04. The molecule has 0 bridgehead atoms. The van der Waals surface area contributed by atoms with Gasteiger partial charge in [-0.3, -0.25) is 19.2 Å². The van der Waals surface area contributed by atoms with E-state index in [1.54, 1.807) is 6.07 Å². The van der Waals surface area contributed by atoms with E-state index in [1.165, 1.54) is 77.2 Å². The largest absolute Gasteiger partial charge is 0.504 e. The van der Waals surface area contributed by atoms with Gasteiger partial charge < -0.3 is 33.5 Å². The highest BCUT2D eigenvalue weighted by Gasteiger charge is 2.53. The molecule has 1 fully saturated rings. The number of rotatable bonds is 21. The van der Waals surface area contributed by atoms with Crippen LogP contribution < -0.4 is 4.74 Å². The number of carbonyl (C=O) groups excluding carboxylic acids is 4. The molecule has 11 nitrogen and oxygen atoms in total. The maximum absolute atomic E-state index is 12.1. The first kappa shape index (κ1) is 38.8. The number of hydrogen-bond acceptors (Lipinski definition) is 11. The van der Waals surface area contributed by atoms with Crippen molar-refractivity contribution in [1.82, 2.24) is 0 Å². The molecular weight excluding hydrogens is 596 g/mol. The molecule has 0 unspecified atom stereocenters. The van der Waals surface area contributed by atoms with E-state index in [0.717, 1.165) is 40.0 Å². The third-order valence-corrected chi connectivity index (χ3v) is 7.82. The van der Waals surface area contributed by atoms with Gasteiger partial charge in [0.05, 0.1) is 0 Å². The lowest BCUT2D eigenvalue weighted by atomic mass is 9.98. The molecule has 1 heterocycles. The predicted molar refractivity (Wildman–Crippen MR) is 170 cm³/mol.